The second-order valence-corrected chi connectivity index (χ2v) is 8.31. The zero-order valence-electron chi connectivity index (χ0n) is 15.6. The molecule has 0 saturated heterocycles. The predicted octanol–water partition coefficient (Wildman–Crippen LogP) is 2.46. The minimum absolute atomic E-state index is 0.145. The van der Waals surface area contributed by atoms with Crippen molar-refractivity contribution in [2.75, 3.05) is 13.2 Å². The van der Waals surface area contributed by atoms with E-state index in [1.807, 2.05) is 0 Å². The van der Waals surface area contributed by atoms with Gasteiger partial charge >= 0.3 is 11.9 Å². The van der Waals surface area contributed by atoms with Crippen LogP contribution in [0.15, 0.2) is 9.95 Å². The van der Waals surface area contributed by atoms with Gasteiger partial charge in [-0.2, -0.15) is 0 Å². The number of fused-ring (bicyclic) bond motifs is 3. The van der Waals surface area contributed by atoms with Gasteiger partial charge in [0.15, 0.2) is 5.16 Å². The fourth-order valence-electron chi connectivity index (χ4n) is 3.11. The van der Waals surface area contributed by atoms with Crippen molar-refractivity contribution >= 4 is 45.3 Å². The van der Waals surface area contributed by atoms with Crippen molar-refractivity contribution in [2.24, 2.45) is 7.05 Å². The van der Waals surface area contributed by atoms with E-state index in [4.69, 9.17) is 9.47 Å². The van der Waals surface area contributed by atoms with Crippen molar-refractivity contribution in [3.63, 3.8) is 0 Å². The normalized spacial score (nSPS) is 13.6. The average molecular weight is 411 g/mol. The van der Waals surface area contributed by atoms with Gasteiger partial charge in [-0.25, -0.2) is 4.98 Å². The summed E-state index contributed by atoms with van der Waals surface area (Å²) in [6.07, 6.45) is 4.06. The molecule has 1 aliphatic carbocycles. The molecule has 27 heavy (non-hydrogen) atoms. The summed E-state index contributed by atoms with van der Waals surface area (Å²) >= 11 is 2.43. The number of thioether (sulfide) groups is 1. The van der Waals surface area contributed by atoms with Crippen LogP contribution in [-0.2, 0) is 39.0 Å². The lowest BCUT2D eigenvalue weighted by molar-refractivity contribution is -0.152. The van der Waals surface area contributed by atoms with E-state index in [0.717, 1.165) is 43.0 Å². The van der Waals surface area contributed by atoms with E-state index in [-0.39, 0.29) is 18.8 Å². The van der Waals surface area contributed by atoms with E-state index in [1.165, 1.54) is 20.8 Å². The van der Waals surface area contributed by atoms with Gasteiger partial charge in [0.05, 0.1) is 18.6 Å². The Labute approximate surface area is 165 Å². The van der Waals surface area contributed by atoms with Gasteiger partial charge in [-0.15, -0.1) is 11.3 Å². The minimum Gasteiger partial charge on any atom is -0.465 e. The molecule has 2 heterocycles. The lowest BCUT2D eigenvalue weighted by atomic mass is 9.97. The van der Waals surface area contributed by atoms with E-state index < -0.39 is 17.2 Å². The van der Waals surface area contributed by atoms with Crippen LogP contribution in [0.4, 0.5) is 0 Å². The average Bonchev–Trinajstić information content (AvgIpc) is 3.02. The number of nitrogens with zero attached hydrogens (tertiary/aromatic N) is 2. The second kappa shape index (κ2) is 8.43. The third-order valence-electron chi connectivity index (χ3n) is 4.38. The van der Waals surface area contributed by atoms with Crippen LogP contribution in [0.3, 0.4) is 0 Å². The standard InChI is InChI=1S/C18H22N2O5S2/c1-4-24-16(22)13(17(23)25-5-2)27-18-19-14-12(15(21)20(18)3)10-8-6-7-9-11(10)26-14/h13H,4-9H2,1-3H3. The Morgan fingerprint density at radius 1 is 1.19 bits per heavy atom. The predicted molar refractivity (Wildman–Crippen MR) is 104 cm³/mol. The fraction of sp³-hybridized carbons (Fsp3) is 0.556. The molecule has 9 heteroatoms. The van der Waals surface area contributed by atoms with E-state index in [1.54, 1.807) is 20.9 Å². The number of ether oxygens (including phenoxy) is 2. The van der Waals surface area contributed by atoms with Gasteiger partial charge < -0.3 is 9.47 Å². The minimum atomic E-state index is -1.21. The van der Waals surface area contributed by atoms with Gasteiger partial charge in [-0.3, -0.25) is 19.0 Å². The molecule has 2 aromatic rings. The maximum absolute atomic E-state index is 12.9. The van der Waals surface area contributed by atoms with Crippen LogP contribution in [0.5, 0.6) is 0 Å². The van der Waals surface area contributed by atoms with Gasteiger partial charge in [-0.1, -0.05) is 11.8 Å². The van der Waals surface area contributed by atoms with Crippen LogP contribution in [0.1, 0.15) is 37.1 Å². The summed E-state index contributed by atoms with van der Waals surface area (Å²) in [6.45, 7) is 3.64. The number of esters is 2. The molecule has 0 radical (unpaired) electrons. The first-order chi connectivity index (χ1) is 13.0. The SMILES string of the molecule is CCOC(=O)C(Sc1nc2sc3c(c2c(=O)n1C)CCCC3)C(=O)OCC. The number of carbonyl (C=O) groups excluding carboxylic acids is 2. The number of hydrogen-bond acceptors (Lipinski definition) is 8. The Bertz CT molecular complexity index is 916. The summed E-state index contributed by atoms with van der Waals surface area (Å²) in [4.78, 5) is 43.9. The first-order valence-corrected chi connectivity index (χ1v) is 10.7. The number of hydrogen-bond donors (Lipinski definition) is 0. The molecule has 3 rings (SSSR count). The van der Waals surface area contributed by atoms with Gasteiger partial charge in [0.2, 0.25) is 5.25 Å². The molecule has 0 saturated carbocycles. The van der Waals surface area contributed by atoms with Crippen LogP contribution in [0.2, 0.25) is 0 Å². The number of thiophene rings is 1. The Balaban J connectivity index is 2.02. The molecule has 1 aliphatic rings. The van der Waals surface area contributed by atoms with Crippen molar-refractivity contribution in [2.45, 2.75) is 49.9 Å². The molecular weight excluding hydrogens is 388 g/mol. The summed E-state index contributed by atoms with van der Waals surface area (Å²) in [6, 6.07) is 0. The molecule has 0 atom stereocenters. The lowest BCUT2D eigenvalue weighted by Gasteiger charge is -2.15. The number of carbonyl (C=O) groups is 2. The number of rotatable bonds is 6. The Morgan fingerprint density at radius 2 is 1.81 bits per heavy atom. The molecular formula is C18H22N2O5S2. The first-order valence-electron chi connectivity index (χ1n) is 8.99. The summed E-state index contributed by atoms with van der Waals surface area (Å²) in [5.41, 5.74) is 0.964. The van der Waals surface area contributed by atoms with Crippen molar-refractivity contribution in [3.8, 4) is 0 Å². The quantitative estimate of drug-likeness (QED) is 0.313. The highest BCUT2D eigenvalue weighted by Crippen LogP contribution is 2.35. The molecule has 0 bridgehead atoms. The molecule has 0 amide bonds. The summed E-state index contributed by atoms with van der Waals surface area (Å²) in [5, 5.41) is -0.238. The summed E-state index contributed by atoms with van der Waals surface area (Å²) in [5.74, 6) is -1.39. The van der Waals surface area contributed by atoms with Gasteiger partial charge in [-0.05, 0) is 45.1 Å². The van der Waals surface area contributed by atoms with Gasteiger partial charge in [0, 0.05) is 11.9 Å². The highest BCUT2D eigenvalue weighted by Gasteiger charge is 2.33. The maximum atomic E-state index is 12.9. The van der Waals surface area contributed by atoms with Crippen LogP contribution in [0, 0.1) is 0 Å². The molecule has 146 valence electrons. The smallest absolute Gasteiger partial charge is 0.331 e. The van der Waals surface area contributed by atoms with E-state index >= 15 is 0 Å². The van der Waals surface area contributed by atoms with E-state index in [9.17, 15) is 14.4 Å². The molecule has 0 aliphatic heterocycles. The Morgan fingerprint density at radius 3 is 2.44 bits per heavy atom. The summed E-state index contributed by atoms with van der Waals surface area (Å²) in [7, 11) is 1.61. The van der Waals surface area contributed by atoms with Crippen molar-refractivity contribution in [1.82, 2.24) is 9.55 Å². The van der Waals surface area contributed by atoms with Crippen molar-refractivity contribution in [3.05, 3.63) is 20.8 Å². The topological polar surface area (TPSA) is 87.5 Å². The molecule has 0 aromatic carbocycles. The lowest BCUT2D eigenvalue weighted by Crippen LogP contribution is -2.32. The molecule has 7 nitrogen and oxygen atoms in total. The van der Waals surface area contributed by atoms with Crippen LogP contribution < -0.4 is 5.56 Å². The van der Waals surface area contributed by atoms with Crippen molar-refractivity contribution < 1.29 is 19.1 Å². The highest BCUT2D eigenvalue weighted by atomic mass is 32.2. The first kappa shape index (κ1) is 19.9. The Kier molecular flexibility index (Phi) is 6.21. The van der Waals surface area contributed by atoms with Gasteiger partial charge in [0.1, 0.15) is 4.83 Å². The van der Waals surface area contributed by atoms with Crippen LogP contribution in [-0.4, -0.2) is 40.0 Å². The monoisotopic (exact) mass is 410 g/mol. The molecule has 0 fully saturated rings. The van der Waals surface area contributed by atoms with E-state index in [0.29, 0.717) is 15.4 Å². The number of aromatic nitrogens is 2. The molecule has 2 aromatic heterocycles. The second-order valence-electron chi connectivity index (χ2n) is 6.15. The summed E-state index contributed by atoms with van der Waals surface area (Å²) < 4.78 is 11.4. The zero-order valence-corrected chi connectivity index (χ0v) is 17.2. The maximum Gasteiger partial charge on any atom is 0.331 e. The van der Waals surface area contributed by atoms with Gasteiger partial charge in [0.25, 0.3) is 5.56 Å². The van der Waals surface area contributed by atoms with Crippen LogP contribution in [0.25, 0.3) is 10.2 Å². The molecule has 0 spiro atoms. The third-order valence-corrected chi connectivity index (χ3v) is 6.76. The molecule has 0 N–H and O–H groups in total. The largest absolute Gasteiger partial charge is 0.465 e. The van der Waals surface area contributed by atoms with Crippen LogP contribution >= 0.6 is 23.1 Å². The third kappa shape index (κ3) is 3.89. The number of aryl methyl sites for hydroxylation is 2. The molecule has 0 unspecified atom stereocenters. The Hall–Kier alpha value is -1.87. The fourth-order valence-corrected chi connectivity index (χ4v) is 5.34. The van der Waals surface area contributed by atoms with Crippen molar-refractivity contribution in [1.29, 1.82) is 0 Å². The highest BCUT2D eigenvalue weighted by molar-refractivity contribution is 8.01. The zero-order chi connectivity index (χ0) is 19.6. The van der Waals surface area contributed by atoms with E-state index in [2.05, 4.69) is 4.98 Å².